The van der Waals surface area contributed by atoms with E-state index in [1.54, 1.807) is 0 Å². The molecule has 11 aromatic carbocycles. The maximum atomic E-state index is 2.48. The molecule has 0 amide bonds. The summed E-state index contributed by atoms with van der Waals surface area (Å²) in [6.07, 6.45) is 0. The summed E-state index contributed by atoms with van der Waals surface area (Å²) in [5.41, 5.74) is 17.6. The molecule has 0 fully saturated rings. The molecule has 11 aromatic rings. The Hall–Kier alpha value is -8.26. The Morgan fingerprint density at radius 3 is 1.05 bits per heavy atom. The standard InChI is InChI=1S/C62H43N/c1-4-16-44(17-5-1)47-30-32-48(33-31-47)49-38-40-55(41-39-49)63(56-25-15-24-54(43-56)46-20-8-3-9-21-46)62-60-29-13-11-27-58(60)57-26-10-12-28-59(57)61(62)51-36-34-50(35-37-51)53-23-14-22-52(42-53)45-18-6-2-7-19-45/h1-43H. The number of hydrogen-bond donors (Lipinski definition) is 0. The Balaban J connectivity index is 1.09. The zero-order valence-corrected chi connectivity index (χ0v) is 34.8. The molecular formula is C62H43N. The van der Waals surface area contributed by atoms with E-state index in [4.69, 9.17) is 0 Å². The molecule has 0 unspecified atom stereocenters. The van der Waals surface area contributed by atoms with Crippen LogP contribution < -0.4 is 4.90 Å². The van der Waals surface area contributed by atoms with E-state index in [-0.39, 0.29) is 0 Å². The summed E-state index contributed by atoms with van der Waals surface area (Å²) in [5, 5.41) is 4.86. The quantitative estimate of drug-likeness (QED) is 0.131. The third-order valence-electron chi connectivity index (χ3n) is 12.3. The van der Waals surface area contributed by atoms with Crippen molar-refractivity contribution in [3.8, 4) is 66.8 Å². The molecule has 0 aromatic heterocycles. The van der Waals surface area contributed by atoms with Gasteiger partial charge in [0.15, 0.2) is 0 Å². The molecule has 0 N–H and O–H groups in total. The molecule has 0 aliphatic heterocycles. The highest BCUT2D eigenvalue weighted by atomic mass is 15.1. The summed E-state index contributed by atoms with van der Waals surface area (Å²) in [6, 6.07) is 94.7. The van der Waals surface area contributed by atoms with Gasteiger partial charge in [0.25, 0.3) is 0 Å². The van der Waals surface area contributed by atoms with Crippen LogP contribution >= 0.6 is 0 Å². The molecule has 1 nitrogen and oxygen atoms in total. The SMILES string of the molecule is c1ccc(-c2ccc(-c3ccc(N(c4cccc(-c5ccccc5)c4)c4c(-c5ccc(-c6cccc(-c7ccccc7)c6)cc5)c5ccccc5c5ccccc45)cc3)cc2)cc1. The van der Waals surface area contributed by atoms with Crippen LogP contribution in [-0.4, -0.2) is 0 Å². The van der Waals surface area contributed by atoms with Gasteiger partial charge >= 0.3 is 0 Å². The molecule has 0 spiro atoms. The molecular weight excluding hydrogens is 759 g/mol. The molecule has 0 atom stereocenters. The second-order valence-corrected chi connectivity index (χ2v) is 16.1. The molecule has 63 heavy (non-hydrogen) atoms. The van der Waals surface area contributed by atoms with Gasteiger partial charge in [0.05, 0.1) is 5.69 Å². The fourth-order valence-corrected chi connectivity index (χ4v) is 9.14. The van der Waals surface area contributed by atoms with Crippen LogP contribution in [0.15, 0.2) is 261 Å². The summed E-state index contributed by atoms with van der Waals surface area (Å²) in [6.45, 7) is 0. The molecule has 11 rings (SSSR count). The minimum Gasteiger partial charge on any atom is -0.309 e. The Morgan fingerprint density at radius 1 is 0.190 bits per heavy atom. The van der Waals surface area contributed by atoms with E-state index in [1.165, 1.54) is 82.7 Å². The van der Waals surface area contributed by atoms with Gasteiger partial charge in [-0.05, 0) is 108 Å². The number of fused-ring (bicyclic) bond motifs is 3. The van der Waals surface area contributed by atoms with E-state index in [0.29, 0.717) is 0 Å². The van der Waals surface area contributed by atoms with Gasteiger partial charge < -0.3 is 4.90 Å². The van der Waals surface area contributed by atoms with E-state index in [1.807, 2.05) is 0 Å². The first-order valence-corrected chi connectivity index (χ1v) is 21.7. The van der Waals surface area contributed by atoms with Crippen LogP contribution in [0.2, 0.25) is 0 Å². The van der Waals surface area contributed by atoms with Crippen molar-refractivity contribution in [1.29, 1.82) is 0 Å². The van der Waals surface area contributed by atoms with Crippen molar-refractivity contribution in [2.75, 3.05) is 4.90 Å². The lowest BCUT2D eigenvalue weighted by Gasteiger charge is -2.31. The molecule has 1 heteroatoms. The first-order chi connectivity index (χ1) is 31.2. The number of anilines is 3. The van der Waals surface area contributed by atoms with Crippen LogP contribution in [0.3, 0.4) is 0 Å². The highest BCUT2D eigenvalue weighted by molar-refractivity contribution is 6.22. The van der Waals surface area contributed by atoms with Crippen LogP contribution in [0.5, 0.6) is 0 Å². The molecule has 0 radical (unpaired) electrons. The first-order valence-electron chi connectivity index (χ1n) is 21.7. The maximum Gasteiger partial charge on any atom is 0.0624 e. The summed E-state index contributed by atoms with van der Waals surface area (Å²) >= 11 is 0. The maximum absolute atomic E-state index is 2.48. The van der Waals surface area contributed by atoms with E-state index in [9.17, 15) is 0 Å². The molecule has 0 aliphatic carbocycles. The van der Waals surface area contributed by atoms with Gasteiger partial charge in [0.2, 0.25) is 0 Å². The number of rotatable bonds is 9. The van der Waals surface area contributed by atoms with Crippen molar-refractivity contribution in [3.05, 3.63) is 261 Å². The third-order valence-corrected chi connectivity index (χ3v) is 12.3. The number of nitrogens with zero attached hydrogens (tertiary/aromatic N) is 1. The lowest BCUT2D eigenvalue weighted by atomic mass is 9.89. The van der Waals surface area contributed by atoms with Crippen molar-refractivity contribution >= 4 is 38.6 Å². The van der Waals surface area contributed by atoms with E-state index >= 15 is 0 Å². The zero-order chi connectivity index (χ0) is 42.0. The van der Waals surface area contributed by atoms with Crippen molar-refractivity contribution < 1.29 is 0 Å². The monoisotopic (exact) mass is 801 g/mol. The zero-order valence-electron chi connectivity index (χ0n) is 34.8. The predicted molar refractivity (Wildman–Crippen MR) is 269 cm³/mol. The minimum absolute atomic E-state index is 1.08. The number of hydrogen-bond acceptors (Lipinski definition) is 1. The van der Waals surface area contributed by atoms with Crippen LogP contribution in [0.4, 0.5) is 17.1 Å². The van der Waals surface area contributed by atoms with Gasteiger partial charge in [0.1, 0.15) is 0 Å². The predicted octanol–water partition coefficient (Wildman–Crippen LogP) is 17.5. The lowest BCUT2D eigenvalue weighted by Crippen LogP contribution is -2.12. The highest BCUT2D eigenvalue weighted by Gasteiger charge is 2.24. The van der Waals surface area contributed by atoms with E-state index < -0.39 is 0 Å². The van der Waals surface area contributed by atoms with Crippen LogP contribution in [0.25, 0.3) is 88.3 Å². The second kappa shape index (κ2) is 16.7. The lowest BCUT2D eigenvalue weighted by molar-refractivity contribution is 1.30. The Bertz CT molecular complexity index is 3340. The molecule has 0 saturated heterocycles. The minimum atomic E-state index is 1.08. The largest absolute Gasteiger partial charge is 0.309 e. The Morgan fingerprint density at radius 2 is 0.524 bits per heavy atom. The summed E-state index contributed by atoms with van der Waals surface area (Å²) in [5.74, 6) is 0. The number of benzene rings is 11. The molecule has 296 valence electrons. The first kappa shape index (κ1) is 37.7. The van der Waals surface area contributed by atoms with E-state index in [0.717, 1.165) is 22.6 Å². The van der Waals surface area contributed by atoms with Crippen molar-refractivity contribution in [2.45, 2.75) is 0 Å². The topological polar surface area (TPSA) is 3.24 Å². The van der Waals surface area contributed by atoms with Crippen molar-refractivity contribution in [1.82, 2.24) is 0 Å². The van der Waals surface area contributed by atoms with E-state index in [2.05, 4.69) is 266 Å². The van der Waals surface area contributed by atoms with Crippen LogP contribution in [-0.2, 0) is 0 Å². The molecule has 0 saturated carbocycles. The van der Waals surface area contributed by atoms with Gasteiger partial charge in [-0.3, -0.25) is 0 Å². The second-order valence-electron chi connectivity index (χ2n) is 16.1. The van der Waals surface area contributed by atoms with Gasteiger partial charge in [-0.25, -0.2) is 0 Å². The smallest absolute Gasteiger partial charge is 0.0624 e. The van der Waals surface area contributed by atoms with Crippen LogP contribution in [0, 0.1) is 0 Å². The van der Waals surface area contributed by atoms with Crippen LogP contribution in [0.1, 0.15) is 0 Å². The normalized spacial score (nSPS) is 11.2. The van der Waals surface area contributed by atoms with Crippen molar-refractivity contribution in [3.63, 3.8) is 0 Å². The van der Waals surface area contributed by atoms with Gasteiger partial charge in [0, 0.05) is 22.3 Å². The summed E-state index contributed by atoms with van der Waals surface area (Å²) in [7, 11) is 0. The fourth-order valence-electron chi connectivity index (χ4n) is 9.14. The average Bonchev–Trinajstić information content (AvgIpc) is 3.38. The van der Waals surface area contributed by atoms with Gasteiger partial charge in [-0.15, -0.1) is 0 Å². The Kier molecular flexibility index (Phi) is 9.97. The Labute approximate surface area is 369 Å². The summed E-state index contributed by atoms with van der Waals surface area (Å²) in [4.78, 5) is 2.48. The third kappa shape index (κ3) is 7.37. The fraction of sp³-hybridized carbons (Fsp3) is 0. The molecule has 0 bridgehead atoms. The van der Waals surface area contributed by atoms with Gasteiger partial charge in [-0.1, -0.05) is 231 Å². The highest BCUT2D eigenvalue weighted by Crippen LogP contribution is 2.50. The molecule has 0 heterocycles. The summed E-state index contributed by atoms with van der Waals surface area (Å²) < 4.78 is 0. The molecule has 0 aliphatic rings. The average molecular weight is 802 g/mol. The van der Waals surface area contributed by atoms with Crippen molar-refractivity contribution in [2.24, 2.45) is 0 Å². The van der Waals surface area contributed by atoms with Gasteiger partial charge in [-0.2, -0.15) is 0 Å².